The quantitative estimate of drug-likeness (QED) is 0.240. The van der Waals surface area contributed by atoms with E-state index >= 15 is 0 Å². The van der Waals surface area contributed by atoms with E-state index < -0.39 is 23.4 Å². The summed E-state index contributed by atoms with van der Waals surface area (Å²) in [5.74, 6) is -1.37. The highest BCUT2D eigenvalue weighted by Crippen LogP contribution is 2.28. The smallest absolute Gasteiger partial charge is 0.318 e. The highest BCUT2D eigenvalue weighted by molar-refractivity contribution is 7.99. The van der Waals surface area contributed by atoms with Crippen LogP contribution in [-0.2, 0) is 15.1 Å². The number of carbonyl (C=O) groups excluding carboxylic acids is 3. The number of nitrogens with one attached hydrogen (secondary N) is 2. The van der Waals surface area contributed by atoms with Crippen molar-refractivity contribution in [3.05, 3.63) is 101 Å². The van der Waals surface area contributed by atoms with Gasteiger partial charge >= 0.3 is 6.03 Å². The van der Waals surface area contributed by atoms with Crippen LogP contribution in [0.4, 0.5) is 4.79 Å². The largest absolute Gasteiger partial charge is 0.344 e. The number of urea groups is 1. The third kappa shape index (κ3) is 4.11. The van der Waals surface area contributed by atoms with Gasteiger partial charge in [0.15, 0.2) is 5.16 Å². The molecule has 1 aliphatic rings. The first kappa shape index (κ1) is 23.3. The molecule has 4 amide bonds. The first-order valence-electron chi connectivity index (χ1n) is 11.1. The minimum atomic E-state index is -1.30. The van der Waals surface area contributed by atoms with Crippen LogP contribution in [0.25, 0.3) is 16.6 Å². The fourth-order valence-electron chi connectivity index (χ4n) is 4.01. The number of thioether (sulfide) groups is 1. The first-order chi connectivity index (χ1) is 17.4. The number of carbonyl (C=O) groups is 3. The average molecular weight is 500 g/mol. The van der Waals surface area contributed by atoms with Crippen molar-refractivity contribution >= 4 is 40.5 Å². The number of imide groups is 1. The topological polar surface area (TPSA) is 113 Å². The van der Waals surface area contributed by atoms with Crippen LogP contribution in [0, 0.1) is 0 Å². The summed E-state index contributed by atoms with van der Waals surface area (Å²) < 4.78 is 1.44. The highest BCUT2D eigenvalue weighted by Gasteiger charge is 2.49. The van der Waals surface area contributed by atoms with Gasteiger partial charge < -0.3 is 5.32 Å². The number of nitrogens with zero attached hydrogens (tertiary/aromatic N) is 3. The fourth-order valence-corrected chi connectivity index (χ4v) is 4.81. The van der Waals surface area contributed by atoms with Crippen molar-refractivity contribution in [1.82, 2.24) is 25.3 Å². The maximum atomic E-state index is 13.3. The molecule has 36 heavy (non-hydrogen) atoms. The molecule has 10 heteroatoms. The normalized spacial score (nSPS) is 17.3. The summed E-state index contributed by atoms with van der Waals surface area (Å²) in [6.07, 6.45) is 0. The highest BCUT2D eigenvalue weighted by atomic mass is 32.2. The second-order valence-corrected chi connectivity index (χ2v) is 9.22. The lowest BCUT2D eigenvalue weighted by molar-refractivity contribution is -0.138. The third-order valence-electron chi connectivity index (χ3n) is 5.87. The Labute approximate surface area is 210 Å². The standard InChI is InChI=1S/C26H21N5O4S/c1-26(17-10-4-2-5-11-17)23(34)31(24(35)28-26)29-21(32)16-36-25-27-20-15-9-8-14-19(20)22(33)30(25)18-12-6-3-7-13-18/h2-15H,16H2,1H3,(H,28,35)(H,29,32)/t26-/m1/s1. The zero-order chi connectivity index (χ0) is 25.3. The molecule has 1 atom stereocenters. The summed E-state index contributed by atoms with van der Waals surface area (Å²) in [6, 6.07) is 24.0. The average Bonchev–Trinajstić information content (AvgIpc) is 3.12. The summed E-state index contributed by atoms with van der Waals surface area (Å²) in [4.78, 5) is 56.2. The van der Waals surface area contributed by atoms with Gasteiger partial charge in [-0.2, -0.15) is 5.01 Å². The third-order valence-corrected chi connectivity index (χ3v) is 6.81. The van der Waals surface area contributed by atoms with Gasteiger partial charge in [-0.05, 0) is 36.8 Å². The van der Waals surface area contributed by atoms with Crippen LogP contribution in [0.5, 0.6) is 0 Å². The number of fused-ring (bicyclic) bond motifs is 1. The van der Waals surface area contributed by atoms with Crippen LogP contribution in [0.1, 0.15) is 12.5 Å². The van der Waals surface area contributed by atoms with Crippen LogP contribution in [0.2, 0.25) is 0 Å². The number of benzene rings is 3. The number of hydrazine groups is 1. The lowest BCUT2D eigenvalue weighted by atomic mass is 9.92. The molecule has 2 heterocycles. The lowest BCUT2D eigenvalue weighted by Crippen LogP contribution is -2.48. The van der Waals surface area contributed by atoms with Crippen molar-refractivity contribution in [1.29, 1.82) is 0 Å². The molecule has 3 aromatic carbocycles. The van der Waals surface area contributed by atoms with E-state index in [0.29, 0.717) is 32.3 Å². The van der Waals surface area contributed by atoms with Crippen molar-refractivity contribution in [3.63, 3.8) is 0 Å². The summed E-state index contributed by atoms with van der Waals surface area (Å²) >= 11 is 1.03. The number of rotatable bonds is 6. The molecule has 4 aromatic rings. The number of aromatic nitrogens is 2. The van der Waals surface area contributed by atoms with Gasteiger partial charge in [-0.3, -0.25) is 24.4 Å². The van der Waals surface area contributed by atoms with E-state index in [0.717, 1.165) is 11.8 Å². The van der Waals surface area contributed by atoms with Crippen LogP contribution in [0.15, 0.2) is 94.9 Å². The Bertz CT molecular complexity index is 1540. The molecule has 0 aliphatic carbocycles. The van der Waals surface area contributed by atoms with E-state index in [1.165, 1.54) is 4.57 Å². The van der Waals surface area contributed by atoms with Crippen LogP contribution in [-0.4, -0.2) is 38.2 Å². The molecule has 9 nitrogen and oxygen atoms in total. The van der Waals surface area contributed by atoms with Gasteiger partial charge in [0.05, 0.1) is 22.3 Å². The summed E-state index contributed by atoms with van der Waals surface area (Å²) in [6.45, 7) is 1.58. The van der Waals surface area contributed by atoms with E-state index in [1.54, 1.807) is 85.8 Å². The summed E-state index contributed by atoms with van der Waals surface area (Å²) in [7, 11) is 0. The summed E-state index contributed by atoms with van der Waals surface area (Å²) in [5, 5.41) is 4.10. The molecule has 0 spiro atoms. The Morgan fingerprint density at radius 2 is 1.58 bits per heavy atom. The molecule has 0 unspecified atom stereocenters. The molecular formula is C26H21N5O4S. The summed E-state index contributed by atoms with van der Waals surface area (Å²) in [5.41, 5.74) is 2.53. The van der Waals surface area contributed by atoms with Crippen molar-refractivity contribution in [3.8, 4) is 5.69 Å². The van der Waals surface area contributed by atoms with E-state index in [4.69, 9.17) is 0 Å². The van der Waals surface area contributed by atoms with E-state index in [9.17, 15) is 19.2 Å². The fraction of sp³-hybridized carbons (Fsp3) is 0.115. The van der Waals surface area contributed by atoms with Crippen molar-refractivity contribution < 1.29 is 14.4 Å². The Balaban J connectivity index is 1.38. The van der Waals surface area contributed by atoms with Gasteiger partial charge in [-0.25, -0.2) is 9.78 Å². The monoisotopic (exact) mass is 499 g/mol. The molecule has 0 radical (unpaired) electrons. The maximum Gasteiger partial charge on any atom is 0.344 e. The van der Waals surface area contributed by atoms with E-state index in [-0.39, 0.29) is 11.3 Å². The Kier molecular flexibility index (Phi) is 6.03. The van der Waals surface area contributed by atoms with Gasteiger partial charge in [-0.1, -0.05) is 72.4 Å². The second kappa shape index (κ2) is 9.31. The second-order valence-electron chi connectivity index (χ2n) is 8.27. The predicted molar refractivity (Wildman–Crippen MR) is 135 cm³/mol. The lowest BCUT2D eigenvalue weighted by Gasteiger charge is -2.22. The van der Waals surface area contributed by atoms with Crippen molar-refractivity contribution in [2.45, 2.75) is 17.6 Å². The van der Waals surface area contributed by atoms with Gasteiger partial charge in [0.25, 0.3) is 11.5 Å². The number of hydrogen-bond donors (Lipinski definition) is 2. The molecule has 0 saturated carbocycles. The van der Waals surface area contributed by atoms with Gasteiger partial charge in [0.1, 0.15) is 5.54 Å². The Morgan fingerprint density at radius 1 is 0.944 bits per heavy atom. The number of hydrogen-bond acceptors (Lipinski definition) is 6. The molecule has 1 aromatic heterocycles. The molecule has 1 aliphatic heterocycles. The molecule has 1 fully saturated rings. The molecular weight excluding hydrogens is 478 g/mol. The van der Waals surface area contributed by atoms with Crippen LogP contribution >= 0.6 is 11.8 Å². The van der Waals surface area contributed by atoms with Crippen LogP contribution in [0.3, 0.4) is 0 Å². The SMILES string of the molecule is C[C@]1(c2ccccc2)NC(=O)N(NC(=O)CSc2nc3ccccc3c(=O)n2-c2ccccc2)C1=O. The zero-order valence-corrected chi connectivity index (χ0v) is 20.0. The Hall–Kier alpha value is -4.44. The minimum Gasteiger partial charge on any atom is -0.318 e. The predicted octanol–water partition coefficient (Wildman–Crippen LogP) is 2.98. The molecule has 1 saturated heterocycles. The first-order valence-corrected chi connectivity index (χ1v) is 12.1. The minimum absolute atomic E-state index is 0.184. The zero-order valence-electron chi connectivity index (χ0n) is 19.2. The van der Waals surface area contributed by atoms with Gasteiger partial charge in [0.2, 0.25) is 5.91 Å². The number of para-hydroxylation sites is 2. The van der Waals surface area contributed by atoms with Crippen molar-refractivity contribution in [2.24, 2.45) is 0 Å². The van der Waals surface area contributed by atoms with E-state index in [2.05, 4.69) is 15.7 Å². The maximum absolute atomic E-state index is 13.3. The molecule has 5 rings (SSSR count). The van der Waals surface area contributed by atoms with Crippen LogP contribution < -0.4 is 16.3 Å². The van der Waals surface area contributed by atoms with Gasteiger partial charge in [-0.15, -0.1) is 0 Å². The van der Waals surface area contributed by atoms with Crippen molar-refractivity contribution in [2.75, 3.05) is 5.75 Å². The molecule has 180 valence electrons. The molecule has 0 bridgehead atoms. The van der Waals surface area contributed by atoms with E-state index in [1.807, 2.05) is 6.07 Å². The Morgan fingerprint density at radius 3 is 2.31 bits per heavy atom. The molecule has 2 N–H and O–H groups in total. The van der Waals surface area contributed by atoms with Gasteiger partial charge in [0, 0.05) is 0 Å². The number of amides is 4.